The number of anilines is 1. The lowest BCUT2D eigenvalue weighted by Crippen LogP contribution is -2.53. The zero-order chi connectivity index (χ0) is 19.9. The normalized spacial score (nSPS) is 20.3. The fourth-order valence-corrected chi connectivity index (χ4v) is 3.91. The number of phenols is 1. The third-order valence-electron chi connectivity index (χ3n) is 5.80. The molecule has 2 aliphatic heterocycles. The minimum absolute atomic E-state index is 0. The highest BCUT2D eigenvalue weighted by Crippen LogP contribution is 2.27. The second-order valence-electron chi connectivity index (χ2n) is 7.85. The van der Waals surface area contributed by atoms with Crippen molar-refractivity contribution < 1.29 is 5.11 Å². The number of nitrogens with zero attached hydrogens (tertiary/aromatic N) is 5. The molecule has 0 radical (unpaired) electrons. The molecule has 7 nitrogen and oxygen atoms in total. The van der Waals surface area contributed by atoms with Gasteiger partial charge >= 0.3 is 0 Å². The Morgan fingerprint density at radius 3 is 2.34 bits per heavy atom. The maximum atomic E-state index is 10.1. The van der Waals surface area contributed by atoms with E-state index in [-0.39, 0.29) is 24.0 Å². The van der Waals surface area contributed by atoms with Crippen molar-refractivity contribution in [2.24, 2.45) is 4.99 Å². The number of piperazine rings is 2. The number of halogens is 1. The Labute approximate surface area is 192 Å². The maximum absolute atomic E-state index is 10.1. The molecule has 0 saturated carbocycles. The molecule has 2 saturated heterocycles. The molecule has 8 heteroatoms. The molecule has 0 aromatic heterocycles. The first-order chi connectivity index (χ1) is 13.6. The maximum Gasteiger partial charge on any atom is 0.194 e. The van der Waals surface area contributed by atoms with Gasteiger partial charge in [0.2, 0.25) is 0 Å². The lowest BCUT2D eigenvalue weighted by molar-refractivity contribution is 0.122. The number of benzene rings is 1. The second-order valence-corrected chi connectivity index (χ2v) is 7.85. The molecule has 0 aliphatic carbocycles. The van der Waals surface area contributed by atoms with Crippen molar-refractivity contribution in [2.75, 3.05) is 77.4 Å². The van der Waals surface area contributed by atoms with Crippen LogP contribution in [0.3, 0.4) is 0 Å². The van der Waals surface area contributed by atoms with E-state index in [1.165, 1.54) is 0 Å². The molecule has 2 heterocycles. The molecule has 1 aromatic carbocycles. The van der Waals surface area contributed by atoms with Crippen LogP contribution in [0.4, 0.5) is 5.69 Å². The van der Waals surface area contributed by atoms with Crippen LogP contribution in [0.5, 0.6) is 5.75 Å². The molecular weight excluding hydrogens is 479 g/mol. The molecule has 2 fully saturated rings. The van der Waals surface area contributed by atoms with Crippen molar-refractivity contribution in [3.05, 3.63) is 24.3 Å². The lowest BCUT2D eigenvalue weighted by Gasteiger charge is -2.38. The Morgan fingerprint density at radius 1 is 1.07 bits per heavy atom. The number of hydrogen-bond acceptors (Lipinski definition) is 5. The minimum Gasteiger partial charge on any atom is -0.506 e. The molecule has 29 heavy (non-hydrogen) atoms. The first-order valence-corrected chi connectivity index (χ1v) is 10.6. The van der Waals surface area contributed by atoms with Crippen molar-refractivity contribution in [3.8, 4) is 5.75 Å². The summed E-state index contributed by atoms with van der Waals surface area (Å²) in [4.78, 5) is 14.5. The summed E-state index contributed by atoms with van der Waals surface area (Å²) in [5.41, 5.74) is 0.924. The third kappa shape index (κ3) is 6.62. The molecule has 1 atom stereocenters. The van der Waals surface area contributed by atoms with Crippen LogP contribution >= 0.6 is 24.0 Å². The molecule has 1 aromatic rings. The summed E-state index contributed by atoms with van der Waals surface area (Å²) >= 11 is 0. The van der Waals surface area contributed by atoms with Crippen LogP contribution in [0, 0.1) is 0 Å². The van der Waals surface area contributed by atoms with Crippen molar-refractivity contribution >= 4 is 35.6 Å². The summed E-state index contributed by atoms with van der Waals surface area (Å²) in [6, 6.07) is 8.05. The van der Waals surface area contributed by atoms with Gasteiger partial charge in [0.1, 0.15) is 5.75 Å². The molecule has 0 amide bonds. The Morgan fingerprint density at radius 2 is 1.72 bits per heavy atom. The molecule has 2 aliphatic rings. The van der Waals surface area contributed by atoms with E-state index in [1.807, 2.05) is 18.2 Å². The fourth-order valence-electron chi connectivity index (χ4n) is 3.91. The fraction of sp³-hybridized carbons (Fsp3) is 0.667. The van der Waals surface area contributed by atoms with Crippen LogP contribution in [0.1, 0.15) is 13.8 Å². The Balaban J connectivity index is 0.00000300. The van der Waals surface area contributed by atoms with Crippen LogP contribution in [-0.4, -0.2) is 104 Å². The van der Waals surface area contributed by atoms with Gasteiger partial charge in [-0.1, -0.05) is 12.1 Å². The van der Waals surface area contributed by atoms with Gasteiger partial charge in [-0.25, -0.2) is 0 Å². The van der Waals surface area contributed by atoms with Gasteiger partial charge < -0.3 is 25.1 Å². The van der Waals surface area contributed by atoms with Gasteiger partial charge in [-0.15, -0.1) is 24.0 Å². The van der Waals surface area contributed by atoms with E-state index in [2.05, 4.69) is 45.8 Å². The van der Waals surface area contributed by atoms with Crippen molar-refractivity contribution in [1.82, 2.24) is 20.0 Å². The number of hydrogen-bond donors (Lipinski definition) is 2. The summed E-state index contributed by atoms with van der Waals surface area (Å²) < 4.78 is 0. The zero-order valence-corrected chi connectivity index (χ0v) is 20.4. The standard InChI is InChI=1S/C21H36N6O.HI/c1-4-22-21(23-17-18(2)25-11-9-24(3)10-12-25)27-15-13-26(14-16-27)19-7-5-6-8-20(19)28;/h5-8,18,28H,4,9-17H2,1-3H3,(H,22,23);1H. The average Bonchev–Trinajstić information content (AvgIpc) is 2.72. The number of guanidine groups is 1. The van der Waals surface area contributed by atoms with Gasteiger partial charge in [-0.05, 0) is 33.0 Å². The summed E-state index contributed by atoms with van der Waals surface area (Å²) in [6.45, 7) is 14.2. The number of likely N-dealkylation sites (N-methyl/N-ethyl adjacent to an activating group) is 1. The number of rotatable bonds is 5. The van der Waals surface area contributed by atoms with Gasteiger partial charge in [0.25, 0.3) is 0 Å². The Kier molecular flexibility index (Phi) is 9.78. The van der Waals surface area contributed by atoms with E-state index < -0.39 is 0 Å². The van der Waals surface area contributed by atoms with Crippen LogP contribution < -0.4 is 10.2 Å². The highest BCUT2D eigenvalue weighted by molar-refractivity contribution is 14.0. The average molecular weight is 516 g/mol. The van der Waals surface area contributed by atoms with Crippen LogP contribution in [0.2, 0.25) is 0 Å². The minimum atomic E-state index is 0. The first-order valence-electron chi connectivity index (χ1n) is 10.6. The number of nitrogens with one attached hydrogen (secondary N) is 1. The Bertz CT molecular complexity index is 642. The van der Waals surface area contributed by atoms with Gasteiger partial charge in [0, 0.05) is 64.9 Å². The van der Waals surface area contributed by atoms with Crippen LogP contribution in [0.15, 0.2) is 29.3 Å². The summed E-state index contributed by atoms with van der Waals surface area (Å²) in [7, 11) is 2.19. The topological polar surface area (TPSA) is 57.6 Å². The van der Waals surface area contributed by atoms with E-state index >= 15 is 0 Å². The van der Waals surface area contributed by atoms with Crippen LogP contribution in [0.25, 0.3) is 0 Å². The zero-order valence-electron chi connectivity index (χ0n) is 18.0. The molecule has 3 rings (SSSR count). The quantitative estimate of drug-likeness (QED) is 0.354. The Hall–Kier alpha value is -1.26. The monoisotopic (exact) mass is 516 g/mol. The van der Waals surface area contributed by atoms with Crippen LogP contribution in [-0.2, 0) is 0 Å². The van der Waals surface area contributed by atoms with Crippen molar-refractivity contribution in [3.63, 3.8) is 0 Å². The summed E-state index contributed by atoms with van der Waals surface area (Å²) in [5, 5.41) is 13.6. The largest absolute Gasteiger partial charge is 0.506 e. The van der Waals surface area contributed by atoms with E-state index in [1.54, 1.807) is 6.07 Å². The molecular formula is C21H37IN6O. The smallest absolute Gasteiger partial charge is 0.194 e. The molecule has 0 spiro atoms. The first kappa shape index (κ1) is 24.0. The van der Waals surface area contributed by atoms with E-state index in [0.717, 1.165) is 77.1 Å². The highest BCUT2D eigenvalue weighted by atomic mass is 127. The van der Waals surface area contributed by atoms with E-state index in [0.29, 0.717) is 11.8 Å². The van der Waals surface area contributed by atoms with Crippen molar-refractivity contribution in [2.45, 2.75) is 19.9 Å². The van der Waals surface area contributed by atoms with E-state index in [4.69, 9.17) is 4.99 Å². The molecule has 164 valence electrons. The SMILES string of the molecule is CCNC(=NCC(C)N1CCN(C)CC1)N1CCN(c2ccccc2O)CC1.I. The molecule has 1 unspecified atom stereocenters. The predicted molar refractivity (Wildman–Crippen MR) is 132 cm³/mol. The van der Waals surface area contributed by atoms with Gasteiger partial charge in [0.05, 0.1) is 12.2 Å². The number of para-hydroxylation sites is 2. The molecule has 0 bridgehead atoms. The van der Waals surface area contributed by atoms with Crippen molar-refractivity contribution in [1.29, 1.82) is 0 Å². The summed E-state index contributed by atoms with van der Waals surface area (Å²) in [5.74, 6) is 1.37. The third-order valence-corrected chi connectivity index (χ3v) is 5.80. The predicted octanol–water partition coefficient (Wildman–Crippen LogP) is 1.73. The number of phenolic OH excluding ortho intramolecular Hbond substituents is 1. The lowest BCUT2D eigenvalue weighted by atomic mass is 10.2. The second kappa shape index (κ2) is 11.8. The van der Waals surface area contributed by atoms with Gasteiger partial charge in [-0.3, -0.25) is 9.89 Å². The van der Waals surface area contributed by atoms with Gasteiger partial charge in [0.15, 0.2) is 5.96 Å². The van der Waals surface area contributed by atoms with E-state index in [9.17, 15) is 5.11 Å². The van der Waals surface area contributed by atoms with Gasteiger partial charge in [-0.2, -0.15) is 0 Å². The number of aromatic hydroxyl groups is 1. The molecule has 2 N–H and O–H groups in total. The highest BCUT2D eigenvalue weighted by Gasteiger charge is 2.22. The number of aliphatic imine (C=N–C) groups is 1. The summed E-state index contributed by atoms with van der Waals surface area (Å²) in [6.07, 6.45) is 0.